The Bertz CT molecular complexity index is 784. The standard InChI is InChI=1S/C24H38FN3OS/c1-16(2)14-27(11-9-10-25)24-22(17(3)4)19(7)21(30-24)15-26-12-13-28(18(5)6)20(8)23(26)29/h16,18H,3,8-15H2,1-2,4-7H3. The number of carbonyl (C=O) groups is 1. The van der Waals surface area contributed by atoms with E-state index in [1.54, 1.807) is 11.3 Å². The Morgan fingerprint density at radius 2 is 1.93 bits per heavy atom. The Labute approximate surface area is 186 Å². The van der Waals surface area contributed by atoms with Crippen molar-refractivity contribution < 1.29 is 9.18 Å². The zero-order chi connectivity index (χ0) is 22.6. The van der Waals surface area contributed by atoms with Crippen LogP contribution in [0.1, 0.15) is 57.0 Å². The third kappa shape index (κ3) is 5.45. The maximum Gasteiger partial charge on any atom is 0.269 e. The Kier molecular flexibility index (Phi) is 8.53. The topological polar surface area (TPSA) is 26.8 Å². The average Bonchev–Trinajstić information content (AvgIpc) is 2.98. The third-order valence-electron chi connectivity index (χ3n) is 5.54. The van der Waals surface area contributed by atoms with Crippen molar-refractivity contribution in [2.24, 2.45) is 5.92 Å². The Morgan fingerprint density at radius 1 is 1.27 bits per heavy atom. The molecule has 0 unspecified atom stereocenters. The van der Waals surface area contributed by atoms with Crippen molar-refractivity contribution in [3.05, 3.63) is 34.9 Å². The minimum atomic E-state index is -0.315. The van der Waals surface area contributed by atoms with Crippen LogP contribution >= 0.6 is 11.3 Å². The number of hydrogen-bond donors (Lipinski definition) is 0. The fourth-order valence-electron chi connectivity index (χ4n) is 4.05. The molecule has 0 atom stereocenters. The first-order valence-electron chi connectivity index (χ1n) is 10.9. The van der Waals surface area contributed by atoms with Gasteiger partial charge in [-0.05, 0) is 51.2 Å². The molecule has 1 aliphatic rings. The second kappa shape index (κ2) is 10.5. The number of halogens is 1. The zero-order valence-corrected chi connectivity index (χ0v) is 20.4. The van der Waals surface area contributed by atoms with E-state index in [0.717, 1.165) is 29.2 Å². The summed E-state index contributed by atoms with van der Waals surface area (Å²) in [4.78, 5) is 20.4. The largest absolute Gasteiger partial charge is 0.363 e. The van der Waals surface area contributed by atoms with Crippen LogP contribution in [0.25, 0.3) is 5.57 Å². The number of carbonyl (C=O) groups excluding carboxylic acids is 1. The van der Waals surface area contributed by atoms with Gasteiger partial charge < -0.3 is 14.7 Å². The molecule has 168 valence electrons. The Balaban J connectivity index is 2.33. The second-order valence-electron chi connectivity index (χ2n) is 8.95. The molecule has 1 saturated heterocycles. The molecule has 1 aliphatic heterocycles. The summed E-state index contributed by atoms with van der Waals surface area (Å²) in [6.07, 6.45) is 0.518. The van der Waals surface area contributed by atoms with Crippen molar-refractivity contribution in [3.8, 4) is 0 Å². The van der Waals surface area contributed by atoms with Crippen LogP contribution in [-0.2, 0) is 11.3 Å². The lowest BCUT2D eigenvalue weighted by molar-refractivity contribution is -0.132. The minimum absolute atomic E-state index is 0.0117. The molecule has 0 aliphatic carbocycles. The first-order valence-corrected chi connectivity index (χ1v) is 11.7. The van der Waals surface area contributed by atoms with Crippen LogP contribution in [-0.4, -0.2) is 54.6 Å². The van der Waals surface area contributed by atoms with E-state index in [2.05, 4.69) is 57.6 Å². The summed E-state index contributed by atoms with van der Waals surface area (Å²) in [5.41, 5.74) is 3.93. The number of thiophene rings is 1. The van der Waals surface area contributed by atoms with Gasteiger partial charge in [-0.25, -0.2) is 0 Å². The van der Waals surface area contributed by atoms with Crippen molar-refractivity contribution in [3.63, 3.8) is 0 Å². The predicted molar refractivity (Wildman–Crippen MR) is 128 cm³/mol. The van der Waals surface area contributed by atoms with Crippen LogP contribution in [0, 0.1) is 12.8 Å². The average molecular weight is 436 g/mol. The summed E-state index contributed by atoms with van der Waals surface area (Å²) in [6.45, 7) is 24.3. The predicted octanol–water partition coefficient (Wildman–Crippen LogP) is 5.48. The first-order chi connectivity index (χ1) is 14.1. The van der Waals surface area contributed by atoms with E-state index in [4.69, 9.17) is 0 Å². The fraction of sp³-hybridized carbons (Fsp3) is 0.625. The molecular formula is C24H38FN3OS. The van der Waals surface area contributed by atoms with Crippen molar-refractivity contribution in [1.82, 2.24) is 9.80 Å². The molecule has 6 heteroatoms. The molecule has 0 aromatic carbocycles. The summed E-state index contributed by atoms with van der Waals surface area (Å²) in [5.74, 6) is 0.486. The summed E-state index contributed by atoms with van der Waals surface area (Å²) in [6, 6.07) is 0.272. The number of nitrogens with zero attached hydrogens (tertiary/aromatic N) is 3. The molecule has 2 rings (SSSR count). The first kappa shape index (κ1) is 24.4. The molecule has 4 nitrogen and oxygen atoms in total. The molecule has 2 heterocycles. The summed E-state index contributed by atoms with van der Waals surface area (Å²) >= 11 is 1.72. The third-order valence-corrected chi connectivity index (χ3v) is 6.87. The van der Waals surface area contributed by atoms with Crippen LogP contribution in [0.4, 0.5) is 9.39 Å². The maximum absolute atomic E-state index is 12.9. The van der Waals surface area contributed by atoms with Crippen LogP contribution in [0.15, 0.2) is 18.9 Å². The Morgan fingerprint density at radius 3 is 2.47 bits per heavy atom. The highest BCUT2D eigenvalue weighted by molar-refractivity contribution is 7.16. The molecule has 0 spiro atoms. The van der Waals surface area contributed by atoms with Gasteiger partial charge in [-0.1, -0.05) is 27.0 Å². The second-order valence-corrected chi connectivity index (χ2v) is 10.0. The van der Waals surface area contributed by atoms with Crippen molar-refractivity contribution in [2.45, 2.75) is 60.5 Å². The molecule has 1 aromatic rings. The number of alkyl halides is 1. The van der Waals surface area contributed by atoms with Crippen LogP contribution in [0.5, 0.6) is 0 Å². The highest BCUT2D eigenvalue weighted by atomic mass is 32.1. The van der Waals surface area contributed by atoms with Gasteiger partial charge in [-0.3, -0.25) is 9.18 Å². The van der Waals surface area contributed by atoms with Gasteiger partial charge in [0.1, 0.15) is 0 Å². The number of hydrogen-bond acceptors (Lipinski definition) is 4. The normalized spacial score (nSPS) is 15.0. The van der Waals surface area contributed by atoms with Gasteiger partial charge in [0.05, 0.1) is 23.9 Å². The highest BCUT2D eigenvalue weighted by Crippen LogP contribution is 2.41. The summed E-state index contributed by atoms with van der Waals surface area (Å²) < 4.78 is 12.9. The van der Waals surface area contributed by atoms with Crippen molar-refractivity contribution in [1.29, 1.82) is 0 Å². The molecule has 1 amide bonds. The number of piperazine rings is 1. The molecular weight excluding hydrogens is 397 g/mol. The maximum atomic E-state index is 12.9. The molecule has 0 bridgehead atoms. The van der Waals surface area contributed by atoms with E-state index in [9.17, 15) is 9.18 Å². The minimum Gasteiger partial charge on any atom is -0.363 e. The number of allylic oxidation sites excluding steroid dienone is 1. The van der Waals surface area contributed by atoms with Gasteiger partial charge in [0.2, 0.25) is 0 Å². The fourth-order valence-corrected chi connectivity index (χ4v) is 5.49. The summed E-state index contributed by atoms with van der Waals surface area (Å²) in [5, 5.41) is 1.16. The van der Waals surface area contributed by atoms with Gasteiger partial charge in [-0.2, -0.15) is 0 Å². The van der Waals surface area contributed by atoms with Gasteiger partial charge >= 0.3 is 0 Å². The molecule has 0 N–H and O–H groups in total. The monoisotopic (exact) mass is 435 g/mol. The van der Waals surface area contributed by atoms with Crippen LogP contribution < -0.4 is 4.90 Å². The van der Waals surface area contributed by atoms with E-state index in [1.165, 1.54) is 10.4 Å². The molecule has 30 heavy (non-hydrogen) atoms. The summed E-state index contributed by atoms with van der Waals surface area (Å²) in [7, 11) is 0. The molecule has 1 fully saturated rings. The SMILES string of the molecule is C=C(C)c1c(N(CCCF)CC(C)C)sc(CN2CCN(C(C)C)C(=C)C2=O)c1C. The number of anilines is 1. The van der Waals surface area contributed by atoms with Gasteiger partial charge in [-0.15, -0.1) is 11.3 Å². The van der Waals surface area contributed by atoms with Gasteiger partial charge in [0.25, 0.3) is 5.91 Å². The lowest BCUT2D eigenvalue weighted by atomic mass is 10.0. The number of rotatable bonds is 10. The number of amides is 1. The van der Waals surface area contributed by atoms with E-state index in [-0.39, 0.29) is 18.6 Å². The smallest absolute Gasteiger partial charge is 0.269 e. The van der Waals surface area contributed by atoms with E-state index >= 15 is 0 Å². The molecule has 0 saturated carbocycles. The van der Waals surface area contributed by atoms with Crippen molar-refractivity contribution in [2.75, 3.05) is 37.8 Å². The van der Waals surface area contributed by atoms with E-state index < -0.39 is 0 Å². The highest BCUT2D eigenvalue weighted by Gasteiger charge is 2.30. The Hall–Kier alpha value is -1.82. The molecule has 0 radical (unpaired) electrons. The quantitative estimate of drug-likeness (QED) is 0.456. The van der Waals surface area contributed by atoms with Crippen LogP contribution in [0.3, 0.4) is 0 Å². The molecule has 1 aromatic heterocycles. The lowest BCUT2D eigenvalue weighted by Gasteiger charge is -2.39. The van der Waals surface area contributed by atoms with Crippen molar-refractivity contribution >= 4 is 27.8 Å². The van der Waals surface area contributed by atoms with Gasteiger partial charge in [0.15, 0.2) is 0 Å². The lowest BCUT2D eigenvalue weighted by Crippen LogP contribution is -2.49. The van der Waals surface area contributed by atoms with E-state index in [1.807, 2.05) is 11.8 Å². The van der Waals surface area contributed by atoms with Crippen LogP contribution in [0.2, 0.25) is 0 Å². The zero-order valence-electron chi connectivity index (χ0n) is 19.6. The van der Waals surface area contributed by atoms with Gasteiger partial charge in [0, 0.05) is 42.7 Å². The van der Waals surface area contributed by atoms with E-state index in [0.29, 0.717) is 37.7 Å².